The summed E-state index contributed by atoms with van der Waals surface area (Å²) < 4.78 is 2.20. The zero-order valence-electron chi connectivity index (χ0n) is 16.6. The number of thioether (sulfide) groups is 1. The number of amidine groups is 2. The van der Waals surface area contributed by atoms with Crippen LogP contribution in [0.5, 0.6) is 0 Å². The molecule has 28 heavy (non-hydrogen) atoms. The minimum Gasteiger partial charge on any atom is -0.318 e. The molecule has 1 aromatic heterocycles. The molecular formula is C22H22N4OS. The topological polar surface area (TPSA) is 61.5 Å². The summed E-state index contributed by atoms with van der Waals surface area (Å²) in [5, 5.41) is 9.05. The van der Waals surface area contributed by atoms with E-state index in [1.165, 1.54) is 22.9 Å². The molecule has 1 N–H and O–H groups in total. The van der Waals surface area contributed by atoms with Crippen molar-refractivity contribution in [2.75, 3.05) is 0 Å². The first kappa shape index (κ1) is 18.5. The third kappa shape index (κ3) is 2.94. The van der Waals surface area contributed by atoms with Crippen LogP contribution in [0.4, 0.5) is 0 Å². The van der Waals surface area contributed by atoms with E-state index >= 15 is 0 Å². The number of aliphatic imine (C=N–C) groups is 1. The summed E-state index contributed by atoms with van der Waals surface area (Å²) in [5.41, 5.74) is 6.90. The molecule has 2 aliphatic rings. The van der Waals surface area contributed by atoms with Crippen molar-refractivity contribution in [2.45, 2.75) is 34.6 Å². The van der Waals surface area contributed by atoms with E-state index in [1.807, 2.05) is 20.0 Å². The van der Waals surface area contributed by atoms with E-state index in [-0.39, 0.29) is 11.7 Å². The van der Waals surface area contributed by atoms with Crippen LogP contribution in [0.2, 0.25) is 0 Å². The molecule has 0 radical (unpaired) electrons. The Balaban J connectivity index is 1.81. The van der Waals surface area contributed by atoms with Gasteiger partial charge in [-0.1, -0.05) is 23.9 Å². The number of aromatic nitrogens is 1. The van der Waals surface area contributed by atoms with Gasteiger partial charge in [-0.15, -0.1) is 0 Å². The van der Waals surface area contributed by atoms with Crippen LogP contribution < -0.4 is 0 Å². The lowest BCUT2D eigenvalue weighted by Gasteiger charge is -2.22. The smallest absolute Gasteiger partial charge is 0.283 e. The highest BCUT2D eigenvalue weighted by Gasteiger charge is 2.33. The van der Waals surface area contributed by atoms with E-state index in [1.54, 1.807) is 11.0 Å². The van der Waals surface area contributed by atoms with Gasteiger partial charge in [0.15, 0.2) is 5.17 Å². The second-order valence-corrected chi connectivity index (χ2v) is 8.48. The maximum atomic E-state index is 12.6. The molecular weight excluding hydrogens is 368 g/mol. The standard InChI is InChI=1S/C22H22N4OS/c1-12-6-7-13(2)19(8-12)26-14(3)9-17(16(26)5)10-18-20(23)25-11-15(4)28-22(25)24-21(18)27/h6-11,23H,1-5H3/b18-10-,23-20?. The first-order valence-corrected chi connectivity index (χ1v) is 9.93. The van der Waals surface area contributed by atoms with Gasteiger partial charge in [0.2, 0.25) is 0 Å². The lowest BCUT2D eigenvalue weighted by Crippen LogP contribution is -2.35. The molecule has 6 heteroatoms. The average molecular weight is 391 g/mol. The molecule has 1 amide bonds. The zero-order chi connectivity index (χ0) is 20.2. The van der Waals surface area contributed by atoms with Gasteiger partial charge in [0.1, 0.15) is 5.84 Å². The van der Waals surface area contributed by atoms with Crippen molar-refractivity contribution >= 4 is 34.7 Å². The molecule has 5 nitrogen and oxygen atoms in total. The van der Waals surface area contributed by atoms with Gasteiger partial charge in [-0.2, -0.15) is 4.99 Å². The van der Waals surface area contributed by atoms with Crippen LogP contribution in [0, 0.1) is 33.1 Å². The number of nitrogens with one attached hydrogen (secondary N) is 1. The third-order valence-electron chi connectivity index (χ3n) is 5.07. The highest BCUT2D eigenvalue weighted by Crippen LogP contribution is 2.33. The van der Waals surface area contributed by atoms with E-state index in [9.17, 15) is 4.79 Å². The van der Waals surface area contributed by atoms with Crippen LogP contribution in [-0.4, -0.2) is 26.4 Å². The van der Waals surface area contributed by atoms with Crippen LogP contribution in [0.15, 0.2) is 45.9 Å². The van der Waals surface area contributed by atoms with Crippen molar-refractivity contribution in [1.29, 1.82) is 5.41 Å². The number of carbonyl (C=O) groups is 1. The maximum absolute atomic E-state index is 12.6. The lowest BCUT2D eigenvalue weighted by atomic mass is 10.1. The van der Waals surface area contributed by atoms with Crippen molar-refractivity contribution in [3.8, 4) is 5.69 Å². The lowest BCUT2D eigenvalue weighted by molar-refractivity contribution is -0.114. The number of hydrogen-bond acceptors (Lipinski definition) is 3. The molecule has 142 valence electrons. The molecule has 0 saturated carbocycles. The first-order chi connectivity index (χ1) is 13.3. The van der Waals surface area contributed by atoms with E-state index in [0.29, 0.717) is 10.7 Å². The highest BCUT2D eigenvalue weighted by molar-refractivity contribution is 8.17. The molecule has 0 spiro atoms. The average Bonchev–Trinajstić information content (AvgIpc) is 3.13. The summed E-state index contributed by atoms with van der Waals surface area (Å²) in [6.07, 6.45) is 3.65. The van der Waals surface area contributed by atoms with E-state index < -0.39 is 0 Å². The summed E-state index contributed by atoms with van der Waals surface area (Å²) in [7, 11) is 0. The number of fused-ring (bicyclic) bond motifs is 1. The maximum Gasteiger partial charge on any atom is 0.283 e. The second kappa shape index (κ2) is 6.63. The Hall–Kier alpha value is -2.86. The molecule has 0 saturated heterocycles. The molecule has 0 fully saturated rings. The molecule has 2 aromatic rings. The van der Waals surface area contributed by atoms with E-state index in [2.05, 4.69) is 54.6 Å². The van der Waals surface area contributed by atoms with Crippen LogP contribution in [0.3, 0.4) is 0 Å². The molecule has 0 unspecified atom stereocenters. The Morgan fingerprint density at radius 3 is 2.61 bits per heavy atom. The number of benzene rings is 1. The fraction of sp³-hybridized carbons (Fsp3) is 0.227. The number of hydrogen-bond donors (Lipinski definition) is 1. The Kier molecular flexibility index (Phi) is 4.38. The van der Waals surface area contributed by atoms with Crippen LogP contribution in [-0.2, 0) is 4.79 Å². The molecule has 3 heterocycles. The SMILES string of the molecule is CC1=CN2C(=N)/C(=C/c3cc(C)n(-c4cc(C)ccc4C)c3C)C(=O)N=C2S1. The number of aryl methyl sites for hydroxylation is 3. The predicted molar refractivity (Wildman–Crippen MR) is 116 cm³/mol. The molecule has 1 aromatic carbocycles. The van der Waals surface area contributed by atoms with Crippen molar-refractivity contribution in [3.05, 3.63) is 69.0 Å². The van der Waals surface area contributed by atoms with Crippen molar-refractivity contribution in [3.63, 3.8) is 0 Å². The first-order valence-electron chi connectivity index (χ1n) is 9.12. The van der Waals surface area contributed by atoms with Gasteiger partial charge in [-0.25, -0.2) is 0 Å². The summed E-state index contributed by atoms with van der Waals surface area (Å²) >= 11 is 1.42. The Labute approximate surface area is 169 Å². The van der Waals surface area contributed by atoms with Crippen molar-refractivity contribution in [1.82, 2.24) is 9.47 Å². The predicted octanol–water partition coefficient (Wildman–Crippen LogP) is 4.88. The van der Waals surface area contributed by atoms with E-state index in [4.69, 9.17) is 5.41 Å². The Bertz CT molecular complexity index is 1130. The van der Waals surface area contributed by atoms with Crippen LogP contribution >= 0.6 is 11.8 Å². The Morgan fingerprint density at radius 1 is 1.11 bits per heavy atom. The number of carbonyl (C=O) groups excluding carboxylic acids is 1. The van der Waals surface area contributed by atoms with Crippen LogP contribution in [0.25, 0.3) is 11.8 Å². The van der Waals surface area contributed by atoms with Gasteiger partial charge in [-0.3, -0.25) is 15.1 Å². The fourth-order valence-corrected chi connectivity index (χ4v) is 4.44. The number of rotatable bonds is 2. The Morgan fingerprint density at radius 2 is 1.86 bits per heavy atom. The summed E-state index contributed by atoms with van der Waals surface area (Å²) in [6, 6.07) is 8.46. The van der Waals surface area contributed by atoms with Crippen LogP contribution in [0.1, 0.15) is 35.0 Å². The summed E-state index contributed by atoms with van der Waals surface area (Å²) in [6.45, 7) is 10.2. The van der Waals surface area contributed by atoms with Gasteiger partial charge >= 0.3 is 0 Å². The second-order valence-electron chi connectivity index (χ2n) is 7.27. The van der Waals surface area contributed by atoms with Crippen molar-refractivity contribution < 1.29 is 4.79 Å². The quantitative estimate of drug-likeness (QED) is 0.744. The largest absolute Gasteiger partial charge is 0.318 e. The third-order valence-corrected chi connectivity index (χ3v) is 5.97. The van der Waals surface area contributed by atoms with Gasteiger partial charge < -0.3 is 4.57 Å². The highest BCUT2D eigenvalue weighted by atomic mass is 32.2. The van der Waals surface area contributed by atoms with Gasteiger partial charge in [0.05, 0.1) is 5.57 Å². The normalized spacial score (nSPS) is 17.9. The molecule has 0 aliphatic carbocycles. The number of amides is 1. The van der Waals surface area contributed by atoms with Gasteiger partial charge in [0.25, 0.3) is 5.91 Å². The molecule has 4 rings (SSSR count). The zero-order valence-corrected chi connectivity index (χ0v) is 17.4. The fourth-order valence-electron chi connectivity index (χ4n) is 3.62. The molecule has 0 atom stereocenters. The summed E-state index contributed by atoms with van der Waals surface area (Å²) in [4.78, 5) is 19.4. The van der Waals surface area contributed by atoms with E-state index in [0.717, 1.165) is 27.5 Å². The minimum absolute atomic E-state index is 0.177. The molecule has 0 bridgehead atoms. The minimum atomic E-state index is -0.358. The van der Waals surface area contributed by atoms with Crippen molar-refractivity contribution in [2.24, 2.45) is 4.99 Å². The molecule has 2 aliphatic heterocycles. The van der Waals surface area contributed by atoms with Gasteiger partial charge in [0, 0.05) is 28.2 Å². The summed E-state index contributed by atoms with van der Waals surface area (Å²) in [5.74, 6) is -0.181. The van der Waals surface area contributed by atoms with Gasteiger partial charge in [-0.05, 0) is 69.5 Å². The monoisotopic (exact) mass is 390 g/mol. The number of allylic oxidation sites excluding steroid dienone is 1. The number of nitrogens with zero attached hydrogens (tertiary/aromatic N) is 3.